The fourth-order valence-electron chi connectivity index (χ4n) is 1.63. The standard InChI is InChI=1S/C9H18O3/c1-8(7-10)12-9(11)5-3-2-4-6-9/h8,10-11H,2-7H2,1H3. The van der Waals surface area contributed by atoms with Crippen LogP contribution in [-0.4, -0.2) is 28.7 Å². The Bertz CT molecular complexity index is 130. The van der Waals surface area contributed by atoms with Crippen molar-refractivity contribution in [1.29, 1.82) is 0 Å². The number of hydrogen-bond donors (Lipinski definition) is 2. The molecule has 1 aliphatic rings. The van der Waals surface area contributed by atoms with Crippen LogP contribution < -0.4 is 0 Å². The number of aliphatic hydroxyl groups excluding tert-OH is 1. The quantitative estimate of drug-likeness (QED) is 0.628. The van der Waals surface area contributed by atoms with Crippen LogP contribution in [0.25, 0.3) is 0 Å². The molecule has 1 saturated carbocycles. The molecule has 0 radical (unpaired) electrons. The molecule has 2 N–H and O–H groups in total. The van der Waals surface area contributed by atoms with E-state index in [1.807, 2.05) is 0 Å². The Balaban J connectivity index is 2.35. The van der Waals surface area contributed by atoms with Crippen LogP contribution in [0.1, 0.15) is 39.0 Å². The fourth-order valence-corrected chi connectivity index (χ4v) is 1.63. The van der Waals surface area contributed by atoms with Gasteiger partial charge in [-0.1, -0.05) is 6.42 Å². The van der Waals surface area contributed by atoms with E-state index in [1.54, 1.807) is 6.92 Å². The molecular weight excluding hydrogens is 156 g/mol. The lowest BCUT2D eigenvalue weighted by molar-refractivity contribution is -0.246. The molecule has 1 fully saturated rings. The van der Waals surface area contributed by atoms with Crippen molar-refractivity contribution >= 4 is 0 Å². The lowest BCUT2D eigenvalue weighted by Gasteiger charge is -2.33. The van der Waals surface area contributed by atoms with E-state index in [1.165, 1.54) is 6.42 Å². The first-order valence-electron chi connectivity index (χ1n) is 4.67. The summed E-state index contributed by atoms with van der Waals surface area (Å²) in [7, 11) is 0. The monoisotopic (exact) mass is 174 g/mol. The van der Waals surface area contributed by atoms with E-state index in [2.05, 4.69) is 0 Å². The van der Waals surface area contributed by atoms with Crippen molar-refractivity contribution in [3.63, 3.8) is 0 Å². The number of hydrogen-bond acceptors (Lipinski definition) is 3. The number of rotatable bonds is 3. The van der Waals surface area contributed by atoms with E-state index in [-0.39, 0.29) is 12.7 Å². The van der Waals surface area contributed by atoms with Crippen LogP contribution >= 0.6 is 0 Å². The highest BCUT2D eigenvalue weighted by Gasteiger charge is 2.31. The molecule has 3 nitrogen and oxygen atoms in total. The molecule has 0 aromatic carbocycles. The van der Waals surface area contributed by atoms with Crippen LogP contribution in [0.4, 0.5) is 0 Å². The van der Waals surface area contributed by atoms with Crippen LogP contribution in [0.2, 0.25) is 0 Å². The van der Waals surface area contributed by atoms with Gasteiger partial charge in [-0.05, 0) is 19.8 Å². The molecule has 1 atom stereocenters. The molecule has 12 heavy (non-hydrogen) atoms. The topological polar surface area (TPSA) is 49.7 Å². The molecule has 0 aromatic rings. The minimum Gasteiger partial charge on any atom is -0.394 e. The average molecular weight is 174 g/mol. The molecule has 0 aliphatic heterocycles. The van der Waals surface area contributed by atoms with Gasteiger partial charge in [-0.15, -0.1) is 0 Å². The summed E-state index contributed by atoms with van der Waals surface area (Å²) in [5.74, 6) is -0.958. The Hall–Kier alpha value is -0.120. The zero-order valence-electron chi connectivity index (χ0n) is 7.62. The van der Waals surface area contributed by atoms with E-state index < -0.39 is 5.79 Å². The Kier molecular flexibility index (Phi) is 3.50. The van der Waals surface area contributed by atoms with Gasteiger partial charge < -0.3 is 14.9 Å². The highest BCUT2D eigenvalue weighted by atomic mass is 16.6. The maximum Gasteiger partial charge on any atom is 0.165 e. The van der Waals surface area contributed by atoms with Gasteiger partial charge in [0.15, 0.2) is 5.79 Å². The van der Waals surface area contributed by atoms with Gasteiger partial charge in [0.25, 0.3) is 0 Å². The molecule has 1 rings (SSSR count). The van der Waals surface area contributed by atoms with Crippen molar-refractivity contribution in [2.24, 2.45) is 0 Å². The molecule has 0 saturated heterocycles. The largest absolute Gasteiger partial charge is 0.394 e. The van der Waals surface area contributed by atoms with Crippen LogP contribution in [0.15, 0.2) is 0 Å². The third-order valence-corrected chi connectivity index (χ3v) is 2.31. The third kappa shape index (κ3) is 2.73. The lowest BCUT2D eigenvalue weighted by atomic mass is 9.94. The van der Waals surface area contributed by atoms with E-state index in [4.69, 9.17) is 9.84 Å². The maximum atomic E-state index is 9.84. The maximum absolute atomic E-state index is 9.84. The fraction of sp³-hybridized carbons (Fsp3) is 1.00. The molecule has 1 aliphatic carbocycles. The smallest absolute Gasteiger partial charge is 0.165 e. The van der Waals surface area contributed by atoms with Crippen LogP contribution in [0.3, 0.4) is 0 Å². The Morgan fingerprint density at radius 3 is 2.42 bits per heavy atom. The summed E-state index contributed by atoms with van der Waals surface area (Å²) in [5, 5.41) is 18.6. The minimum absolute atomic E-state index is 0.0255. The van der Waals surface area contributed by atoms with Crippen molar-refractivity contribution in [1.82, 2.24) is 0 Å². The van der Waals surface area contributed by atoms with Crippen molar-refractivity contribution in [3.05, 3.63) is 0 Å². The van der Waals surface area contributed by atoms with Gasteiger partial charge in [0.2, 0.25) is 0 Å². The van der Waals surface area contributed by atoms with Gasteiger partial charge in [-0.25, -0.2) is 0 Å². The Morgan fingerprint density at radius 1 is 1.33 bits per heavy atom. The van der Waals surface area contributed by atoms with Crippen molar-refractivity contribution in [2.45, 2.75) is 50.9 Å². The minimum atomic E-state index is -0.958. The summed E-state index contributed by atoms with van der Waals surface area (Å²) in [6.45, 7) is 1.74. The van der Waals surface area contributed by atoms with Gasteiger partial charge in [-0.2, -0.15) is 0 Å². The predicted molar refractivity (Wildman–Crippen MR) is 45.7 cm³/mol. The van der Waals surface area contributed by atoms with E-state index in [9.17, 15) is 5.11 Å². The summed E-state index contributed by atoms with van der Waals surface area (Å²) in [6, 6.07) is 0. The van der Waals surface area contributed by atoms with Gasteiger partial charge in [0.1, 0.15) is 0 Å². The van der Waals surface area contributed by atoms with Crippen LogP contribution in [-0.2, 0) is 4.74 Å². The number of aliphatic hydroxyl groups is 2. The first-order chi connectivity index (χ1) is 5.66. The molecule has 0 heterocycles. The second-order valence-corrected chi connectivity index (χ2v) is 3.62. The van der Waals surface area contributed by atoms with E-state index in [0.717, 1.165) is 12.8 Å². The molecule has 0 amide bonds. The van der Waals surface area contributed by atoms with Crippen molar-refractivity contribution in [3.8, 4) is 0 Å². The van der Waals surface area contributed by atoms with E-state index in [0.29, 0.717) is 12.8 Å². The first-order valence-corrected chi connectivity index (χ1v) is 4.67. The highest BCUT2D eigenvalue weighted by molar-refractivity contribution is 4.73. The molecule has 3 heteroatoms. The summed E-state index contributed by atoms with van der Waals surface area (Å²) >= 11 is 0. The first kappa shape index (κ1) is 9.96. The normalized spacial score (nSPS) is 25.2. The molecular formula is C9H18O3. The zero-order chi connectivity index (χ0) is 9.03. The summed E-state index contributed by atoms with van der Waals surface area (Å²) in [4.78, 5) is 0. The van der Waals surface area contributed by atoms with E-state index >= 15 is 0 Å². The number of ether oxygens (including phenoxy) is 1. The third-order valence-electron chi connectivity index (χ3n) is 2.31. The Labute approximate surface area is 73.4 Å². The molecule has 72 valence electrons. The van der Waals surface area contributed by atoms with Gasteiger partial charge >= 0.3 is 0 Å². The second-order valence-electron chi connectivity index (χ2n) is 3.62. The van der Waals surface area contributed by atoms with Gasteiger partial charge in [0, 0.05) is 12.8 Å². The molecule has 1 unspecified atom stereocenters. The van der Waals surface area contributed by atoms with Gasteiger partial charge in [-0.3, -0.25) is 0 Å². The lowest BCUT2D eigenvalue weighted by Crippen LogP contribution is -2.38. The van der Waals surface area contributed by atoms with Crippen LogP contribution in [0.5, 0.6) is 0 Å². The molecule has 0 bridgehead atoms. The van der Waals surface area contributed by atoms with Crippen molar-refractivity contribution < 1.29 is 14.9 Å². The Morgan fingerprint density at radius 2 is 1.92 bits per heavy atom. The SMILES string of the molecule is CC(CO)OC1(O)CCCCC1. The predicted octanol–water partition coefficient (Wildman–Crippen LogP) is 1.04. The zero-order valence-corrected chi connectivity index (χ0v) is 7.62. The van der Waals surface area contributed by atoms with Crippen molar-refractivity contribution in [2.75, 3.05) is 6.61 Å². The van der Waals surface area contributed by atoms with Gasteiger partial charge in [0.05, 0.1) is 12.7 Å². The summed E-state index contributed by atoms with van der Waals surface area (Å²) in [6.07, 6.45) is 4.38. The second kappa shape index (κ2) is 4.21. The molecule has 0 aromatic heterocycles. The summed E-state index contributed by atoms with van der Waals surface area (Å²) in [5.41, 5.74) is 0. The average Bonchev–Trinajstić information content (AvgIpc) is 2.05. The van der Waals surface area contributed by atoms with Crippen LogP contribution in [0, 0.1) is 0 Å². The summed E-state index contributed by atoms with van der Waals surface area (Å²) < 4.78 is 5.33. The molecule has 0 spiro atoms. The highest BCUT2D eigenvalue weighted by Crippen LogP contribution is 2.29.